The summed E-state index contributed by atoms with van der Waals surface area (Å²) in [4.78, 5) is 15.6. The number of aryl methyl sites for hydroxylation is 1. The first-order valence-electron chi connectivity index (χ1n) is 6.13. The van der Waals surface area contributed by atoms with Crippen molar-refractivity contribution in [2.45, 2.75) is 26.7 Å². The molecule has 0 saturated carbocycles. The standard InChI is InChI=1S/C15H18N2O/c1-10(2)12-5-7-13(8-6-12)15-14(9-18)17(4)11(3)16-15/h5-10H,1-4H3. The zero-order valence-corrected chi connectivity index (χ0v) is 11.3. The molecule has 1 heterocycles. The first-order valence-corrected chi connectivity index (χ1v) is 6.13. The molecule has 3 heteroatoms. The van der Waals surface area contributed by atoms with Gasteiger partial charge in [0.2, 0.25) is 0 Å². The van der Waals surface area contributed by atoms with Crippen molar-refractivity contribution in [3.8, 4) is 11.3 Å². The van der Waals surface area contributed by atoms with E-state index in [2.05, 4.69) is 31.0 Å². The highest BCUT2D eigenvalue weighted by molar-refractivity contribution is 5.84. The Morgan fingerprint density at radius 1 is 1.22 bits per heavy atom. The topological polar surface area (TPSA) is 34.9 Å². The first kappa shape index (κ1) is 12.6. The van der Waals surface area contributed by atoms with E-state index >= 15 is 0 Å². The molecule has 1 aromatic heterocycles. The molecule has 0 saturated heterocycles. The average molecular weight is 242 g/mol. The minimum Gasteiger partial charge on any atom is -0.329 e. The van der Waals surface area contributed by atoms with Crippen LogP contribution in [-0.4, -0.2) is 15.8 Å². The summed E-state index contributed by atoms with van der Waals surface area (Å²) in [6.45, 7) is 6.23. The van der Waals surface area contributed by atoms with Gasteiger partial charge in [0.05, 0.1) is 5.69 Å². The maximum Gasteiger partial charge on any atom is 0.168 e. The van der Waals surface area contributed by atoms with E-state index in [0.717, 1.165) is 23.4 Å². The Morgan fingerprint density at radius 2 is 1.83 bits per heavy atom. The van der Waals surface area contributed by atoms with Crippen molar-refractivity contribution in [2.24, 2.45) is 7.05 Å². The van der Waals surface area contributed by atoms with Gasteiger partial charge in [0, 0.05) is 12.6 Å². The van der Waals surface area contributed by atoms with Crippen LogP contribution in [0, 0.1) is 6.92 Å². The average Bonchev–Trinajstić information content (AvgIpc) is 2.65. The van der Waals surface area contributed by atoms with Gasteiger partial charge in [-0.15, -0.1) is 0 Å². The third-order valence-corrected chi connectivity index (χ3v) is 3.33. The molecule has 0 radical (unpaired) electrons. The SMILES string of the molecule is Cc1nc(-c2ccc(C(C)C)cc2)c(C=O)n1C. The monoisotopic (exact) mass is 242 g/mol. The number of nitrogens with zero attached hydrogens (tertiary/aromatic N) is 2. The lowest BCUT2D eigenvalue weighted by molar-refractivity contribution is 0.111. The lowest BCUT2D eigenvalue weighted by Gasteiger charge is -2.06. The van der Waals surface area contributed by atoms with Gasteiger partial charge in [0.15, 0.2) is 6.29 Å². The summed E-state index contributed by atoms with van der Waals surface area (Å²) in [6, 6.07) is 8.26. The second kappa shape index (κ2) is 4.77. The summed E-state index contributed by atoms with van der Waals surface area (Å²) in [5, 5.41) is 0. The Morgan fingerprint density at radius 3 is 2.33 bits per heavy atom. The number of carbonyl (C=O) groups is 1. The van der Waals surface area contributed by atoms with Crippen molar-refractivity contribution >= 4 is 6.29 Å². The van der Waals surface area contributed by atoms with E-state index in [9.17, 15) is 4.79 Å². The molecule has 2 aromatic rings. The summed E-state index contributed by atoms with van der Waals surface area (Å²) < 4.78 is 1.82. The van der Waals surface area contributed by atoms with Crippen LogP contribution >= 0.6 is 0 Å². The van der Waals surface area contributed by atoms with E-state index < -0.39 is 0 Å². The molecule has 1 aromatic carbocycles. The Hall–Kier alpha value is -1.90. The van der Waals surface area contributed by atoms with E-state index in [-0.39, 0.29) is 0 Å². The third kappa shape index (κ3) is 2.08. The number of hydrogen-bond donors (Lipinski definition) is 0. The number of rotatable bonds is 3. The summed E-state index contributed by atoms with van der Waals surface area (Å²) in [6.07, 6.45) is 0.867. The predicted octanol–water partition coefficient (Wildman–Crippen LogP) is 3.33. The third-order valence-electron chi connectivity index (χ3n) is 3.33. The Balaban J connectivity index is 2.49. The van der Waals surface area contributed by atoms with Crippen LogP contribution in [0.5, 0.6) is 0 Å². The molecule has 0 unspecified atom stereocenters. The smallest absolute Gasteiger partial charge is 0.168 e. The van der Waals surface area contributed by atoms with E-state index in [1.807, 2.05) is 30.7 Å². The molecular formula is C15H18N2O. The van der Waals surface area contributed by atoms with Crippen LogP contribution in [0.1, 0.15) is 41.6 Å². The van der Waals surface area contributed by atoms with Crippen molar-refractivity contribution in [2.75, 3.05) is 0 Å². The Kier molecular flexibility index (Phi) is 3.32. The zero-order valence-electron chi connectivity index (χ0n) is 11.3. The molecule has 0 aliphatic rings. The molecule has 0 fully saturated rings. The molecule has 3 nitrogen and oxygen atoms in total. The maximum absolute atomic E-state index is 11.1. The van der Waals surface area contributed by atoms with Crippen LogP contribution in [0.3, 0.4) is 0 Å². The highest BCUT2D eigenvalue weighted by atomic mass is 16.1. The van der Waals surface area contributed by atoms with Crippen LogP contribution < -0.4 is 0 Å². The van der Waals surface area contributed by atoms with Gasteiger partial charge in [-0.05, 0) is 18.4 Å². The van der Waals surface area contributed by atoms with Crippen molar-refractivity contribution in [1.82, 2.24) is 9.55 Å². The summed E-state index contributed by atoms with van der Waals surface area (Å²) >= 11 is 0. The van der Waals surface area contributed by atoms with Crippen LogP contribution in [0.4, 0.5) is 0 Å². The number of carbonyl (C=O) groups excluding carboxylic acids is 1. The highest BCUT2D eigenvalue weighted by Crippen LogP contribution is 2.24. The molecule has 94 valence electrons. The Labute approximate surface area is 107 Å². The molecule has 0 spiro atoms. The lowest BCUT2D eigenvalue weighted by atomic mass is 10.0. The number of aldehydes is 1. The van der Waals surface area contributed by atoms with Gasteiger partial charge in [-0.3, -0.25) is 4.79 Å². The van der Waals surface area contributed by atoms with Crippen LogP contribution in [0.15, 0.2) is 24.3 Å². The summed E-state index contributed by atoms with van der Waals surface area (Å²) in [5.74, 6) is 1.36. The lowest BCUT2D eigenvalue weighted by Crippen LogP contribution is -1.97. The fourth-order valence-electron chi connectivity index (χ4n) is 2.00. The minimum atomic E-state index is 0.509. The minimum absolute atomic E-state index is 0.509. The number of imidazole rings is 1. The molecule has 0 aliphatic heterocycles. The molecule has 18 heavy (non-hydrogen) atoms. The molecule has 2 rings (SSSR count). The van der Waals surface area contributed by atoms with Crippen LogP contribution in [0.2, 0.25) is 0 Å². The van der Waals surface area contributed by atoms with Crippen molar-refractivity contribution in [3.05, 3.63) is 41.3 Å². The molecule has 0 atom stereocenters. The fraction of sp³-hybridized carbons (Fsp3) is 0.333. The largest absolute Gasteiger partial charge is 0.329 e. The van der Waals surface area contributed by atoms with E-state index in [4.69, 9.17) is 0 Å². The number of aromatic nitrogens is 2. The van der Waals surface area contributed by atoms with Crippen molar-refractivity contribution in [1.29, 1.82) is 0 Å². The van der Waals surface area contributed by atoms with Crippen LogP contribution in [-0.2, 0) is 7.05 Å². The maximum atomic E-state index is 11.1. The molecule has 0 N–H and O–H groups in total. The van der Waals surface area contributed by atoms with E-state index in [1.165, 1.54) is 5.56 Å². The molecule has 0 aliphatic carbocycles. The van der Waals surface area contributed by atoms with E-state index in [1.54, 1.807) is 0 Å². The van der Waals surface area contributed by atoms with Gasteiger partial charge in [-0.2, -0.15) is 0 Å². The second-order valence-electron chi connectivity index (χ2n) is 4.85. The zero-order chi connectivity index (χ0) is 13.3. The predicted molar refractivity (Wildman–Crippen MR) is 72.9 cm³/mol. The Bertz CT molecular complexity index is 565. The van der Waals surface area contributed by atoms with Gasteiger partial charge in [0.25, 0.3) is 0 Å². The summed E-state index contributed by atoms with van der Waals surface area (Å²) in [5.41, 5.74) is 3.68. The van der Waals surface area contributed by atoms with Crippen LogP contribution in [0.25, 0.3) is 11.3 Å². The van der Waals surface area contributed by atoms with Gasteiger partial charge in [0.1, 0.15) is 11.5 Å². The van der Waals surface area contributed by atoms with Gasteiger partial charge < -0.3 is 4.57 Å². The van der Waals surface area contributed by atoms with Gasteiger partial charge in [-0.1, -0.05) is 38.1 Å². The van der Waals surface area contributed by atoms with Gasteiger partial charge >= 0.3 is 0 Å². The molecule has 0 amide bonds. The first-order chi connectivity index (χ1) is 8.54. The van der Waals surface area contributed by atoms with E-state index in [0.29, 0.717) is 11.6 Å². The van der Waals surface area contributed by atoms with Crippen molar-refractivity contribution in [3.63, 3.8) is 0 Å². The number of hydrogen-bond acceptors (Lipinski definition) is 2. The normalized spacial score (nSPS) is 10.9. The quantitative estimate of drug-likeness (QED) is 0.774. The molecule has 0 bridgehead atoms. The number of benzene rings is 1. The van der Waals surface area contributed by atoms with Crippen molar-refractivity contribution < 1.29 is 4.79 Å². The van der Waals surface area contributed by atoms with Gasteiger partial charge in [-0.25, -0.2) is 4.98 Å². The summed E-state index contributed by atoms with van der Waals surface area (Å²) in [7, 11) is 1.86. The fourth-order valence-corrected chi connectivity index (χ4v) is 2.00. The highest BCUT2D eigenvalue weighted by Gasteiger charge is 2.13. The molecular weight excluding hydrogens is 224 g/mol. The second-order valence-corrected chi connectivity index (χ2v) is 4.85.